The summed E-state index contributed by atoms with van der Waals surface area (Å²) < 4.78 is 0. The van der Waals surface area contributed by atoms with Gasteiger partial charge in [-0.25, -0.2) is 0 Å². The van der Waals surface area contributed by atoms with Gasteiger partial charge in [0.05, 0.1) is 6.07 Å². The topological polar surface area (TPSA) is 42.3 Å². The van der Waals surface area contributed by atoms with Gasteiger partial charge in [-0.1, -0.05) is 6.42 Å². The number of nitriles is 1. The van der Waals surface area contributed by atoms with Gasteiger partial charge in [-0.15, -0.1) is 0 Å². The maximum absolute atomic E-state index is 9.45. The summed E-state index contributed by atoms with van der Waals surface area (Å²) in [6.07, 6.45) is 8.95. The first-order valence-corrected chi connectivity index (χ1v) is 8.84. The third-order valence-corrected chi connectivity index (χ3v) is 5.43. The van der Waals surface area contributed by atoms with Gasteiger partial charge in [-0.3, -0.25) is 10.2 Å². The van der Waals surface area contributed by atoms with Crippen molar-refractivity contribution >= 4 is 0 Å². The van der Waals surface area contributed by atoms with Crippen molar-refractivity contribution in [2.24, 2.45) is 0 Å². The molecular weight excluding hydrogens is 260 g/mol. The van der Waals surface area contributed by atoms with Crippen LogP contribution >= 0.6 is 0 Å². The van der Waals surface area contributed by atoms with E-state index < -0.39 is 0 Å². The minimum Gasteiger partial charge on any atom is -0.302 e. The molecule has 118 valence electrons. The van der Waals surface area contributed by atoms with Crippen LogP contribution in [0.4, 0.5) is 0 Å². The zero-order valence-electron chi connectivity index (χ0n) is 13.5. The van der Waals surface area contributed by atoms with E-state index in [4.69, 9.17) is 0 Å². The van der Waals surface area contributed by atoms with E-state index in [0.29, 0.717) is 6.04 Å². The van der Waals surface area contributed by atoms with Crippen LogP contribution in [0.1, 0.15) is 51.9 Å². The van der Waals surface area contributed by atoms with Crippen molar-refractivity contribution in [3.05, 3.63) is 0 Å². The van der Waals surface area contributed by atoms with Gasteiger partial charge in [-0.05, 0) is 65.1 Å². The molecule has 0 amide bonds. The van der Waals surface area contributed by atoms with Crippen molar-refractivity contribution in [3.8, 4) is 6.07 Å². The summed E-state index contributed by atoms with van der Waals surface area (Å²) in [5.74, 6) is 0. The molecule has 2 saturated heterocycles. The van der Waals surface area contributed by atoms with E-state index in [1.807, 2.05) is 0 Å². The van der Waals surface area contributed by atoms with E-state index in [-0.39, 0.29) is 5.54 Å². The second-order valence-corrected chi connectivity index (χ2v) is 7.45. The summed E-state index contributed by atoms with van der Waals surface area (Å²) in [6.45, 7) is 8.17. The molecule has 0 aromatic carbocycles. The fraction of sp³-hybridized carbons (Fsp3) is 0.941. The predicted octanol–water partition coefficient (Wildman–Crippen LogP) is 1.97. The maximum Gasteiger partial charge on any atom is 0.105 e. The molecule has 0 radical (unpaired) electrons. The van der Waals surface area contributed by atoms with E-state index >= 15 is 0 Å². The Morgan fingerprint density at radius 3 is 2.57 bits per heavy atom. The number of hydrogen-bond donors (Lipinski definition) is 1. The number of hydrogen-bond acceptors (Lipinski definition) is 4. The molecule has 3 aliphatic rings. The molecule has 1 N–H and O–H groups in total. The van der Waals surface area contributed by atoms with Crippen LogP contribution in [0.2, 0.25) is 0 Å². The van der Waals surface area contributed by atoms with Gasteiger partial charge in [0.15, 0.2) is 0 Å². The lowest BCUT2D eigenvalue weighted by Gasteiger charge is -2.32. The molecule has 0 aromatic rings. The molecule has 3 fully saturated rings. The van der Waals surface area contributed by atoms with Crippen LogP contribution in [-0.2, 0) is 0 Å². The van der Waals surface area contributed by atoms with Crippen molar-refractivity contribution < 1.29 is 0 Å². The van der Waals surface area contributed by atoms with Crippen LogP contribution in [0.25, 0.3) is 0 Å². The first-order valence-electron chi connectivity index (χ1n) is 8.84. The summed E-state index contributed by atoms with van der Waals surface area (Å²) in [6, 6.07) is 3.88. The van der Waals surface area contributed by atoms with Crippen LogP contribution in [0, 0.1) is 11.3 Å². The molecule has 2 atom stereocenters. The second-order valence-electron chi connectivity index (χ2n) is 7.45. The fourth-order valence-corrected chi connectivity index (χ4v) is 3.82. The summed E-state index contributed by atoms with van der Waals surface area (Å²) in [5.41, 5.74) is -0.329. The summed E-state index contributed by atoms with van der Waals surface area (Å²) in [7, 11) is 0. The van der Waals surface area contributed by atoms with Crippen LogP contribution in [-0.4, -0.2) is 60.1 Å². The van der Waals surface area contributed by atoms with Crippen molar-refractivity contribution in [3.63, 3.8) is 0 Å². The van der Waals surface area contributed by atoms with Gasteiger partial charge in [0, 0.05) is 25.2 Å². The lowest BCUT2D eigenvalue weighted by molar-refractivity contribution is 0.160. The van der Waals surface area contributed by atoms with E-state index in [0.717, 1.165) is 19.0 Å². The van der Waals surface area contributed by atoms with Crippen LogP contribution < -0.4 is 5.32 Å². The molecule has 0 spiro atoms. The van der Waals surface area contributed by atoms with Crippen molar-refractivity contribution in [1.82, 2.24) is 15.1 Å². The number of nitrogens with one attached hydrogen (secondary N) is 1. The average Bonchev–Trinajstić information content (AvgIpc) is 3.19. The first kappa shape index (κ1) is 15.3. The van der Waals surface area contributed by atoms with E-state index in [9.17, 15) is 5.26 Å². The van der Waals surface area contributed by atoms with Crippen molar-refractivity contribution in [2.75, 3.05) is 32.7 Å². The third-order valence-electron chi connectivity index (χ3n) is 5.43. The van der Waals surface area contributed by atoms with E-state index in [2.05, 4.69) is 28.1 Å². The average molecular weight is 290 g/mol. The largest absolute Gasteiger partial charge is 0.302 e. The highest BCUT2D eigenvalue weighted by Gasteiger charge is 2.34. The lowest BCUT2D eigenvalue weighted by Crippen LogP contribution is -2.45. The van der Waals surface area contributed by atoms with Crippen molar-refractivity contribution in [2.45, 2.75) is 69.5 Å². The van der Waals surface area contributed by atoms with Gasteiger partial charge in [0.25, 0.3) is 0 Å². The Morgan fingerprint density at radius 2 is 1.90 bits per heavy atom. The monoisotopic (exact) mass is 290 g/mol. The Balaban J connectivity index is 1.42. The Bertz CT molecular complexity index is 381. The molecule has 3 rings (SSSR count). The van der Waals surface area contributed by atoms with Crippen molar-refractivity contribution in [1.29, 1.82) is 5.26 Å². The Kier molecular flexibility index (Phi) is 4.83. The maximum atomic E-state index is 9.45. The second kappa shape index (κ2) is 6.64. The smallest absolute Gasteiger partial charge is 0.105 e. The Labute approximate surface area is 129 Å². The highest BCUT2D eigenvalue weighted by Crippen LogP contribution is 2.25. The van der Waals surface area contributed by atoms with E-state index in [1.165, 1.54) is 64.7 Å². The molecule has 2 aliphatic heterocycles. The highest BCUT2D eigenvalue weighted by atomic mass is 15.3. The van der Waals surface area contributed by atoms with Crippen LogP contribution in [0.5, 0.6) is 0 Å². The SMILES string of the molecule is CC(C#N)(CCN1CCC(N2CCCCC2)C1)NC1CC1. The molecule has 1 saturated carbocycles. The number of nitrogens with zero attached hydrogens (tertiary/aromatic N) is 3. The highest BCUT2D eigenvalue weighted by molar-refractivity contribution is 5.07. The molecule has 4 nitrogen and oxygen atoms in total. The van der Waals surface area contributed by atoms with Crippen LogP contribution in [0.15, 0.2) is 0 Å². The molecule has 0 aromatic heterocycles. The number of likely N-dealkylation sites (tertiary alicyclic amines) is 2. The molecule has 0 bridgehead atoms. The molecule has 2 heterocycles. The molecule has 2 unspecified atom stereocenters. The summed E-state index contributed by atoms with van der Waals surface area (Å²) in [5, 5.41) is 13.0. The van der Waals surface area contributed by atoms with Gasteiger partial charge in [0.2, 0.25) is 0 Å². The van der Waals surface area contributed by atoms with E-state index in [1.54, 1.807) is 0 Å². The normalized spacial score (nSPS) is 31.0. The predicted molar refractivity (Wildman–Crippen MR) is 85.1 cm³/mol. The fourth-order valence-electron chi connectivity index (χ4n) is 3.82. The minimum absolute atomic E-state index is 0.329. The number of piperidine rings is 1. The van der Waals surface area contributed by atoms with Gasteiger partial charge >= 0.3 is 0 Å². The van der Waals surface area contributed by atoms with Crippen LogP contribution in [0.3, 0.4) is 0 Å². The lowest BCUT2D eigenvalue weighted by atomic mass is 9.99. The van der Waals surface area contributed by atoms with Gasteiger partial charge < -0.3 is 4.90 Å². The van der Waals surface area contributed by atoms with Gasteiger partial charge in [-0.2, -0.15) is 5.26 Å². The molecular formula is C17H30N4. The Morgan fingerprint density at radius 1 is 1.14 bits per heavy atom. The number of rotatable bonds is 6. The van der Waals surface area contributed by atoms with Gasteiger partial charge in [0.1, 0.15) is 5.54 Å². The zero-order valence-corrected chi connectivity index (χ0v) is 13.5. The zero-order chi connectivity index (χ0) is 14.7. The Hall–Kier alpha value is -0.630. The first-order chi connectivity index (χ1) is 10.2. The third kappa shape index (κ3) is 4.18. The standard InChI is InChI=1S/C17H30N4/c1-17(14-18,19-15-5-6-15)8-12-20-11-7-16(13-20)21-9-3-2-4-10-21/h15-16,19H,2-13H2,1H3. The minimum atomic E-state index is -0.329. The molecule has 1 aliphatic carbocycles. The molecule has 21 heavy (non-hydrogen) atoms. The quantitative estimate of drug-likeness (QED) is 0.812. The summed E-state index contributed by atoms with van der Waals surface area (Å²) in [4.78, 5) is 5.28. The summed E-state index contributed by atoms with van der Waals surface area (Å²) >= 11 is 0. The molecule has 4 heteroatoms.